The fourth-order valence-corrected chi connectivity index (χ4v) is 7.41. The lowest BCUT2D eigenvalue weighted by Gasteiger charge is -2.28. The first-order valence-corrected chi connectivity index (χ1v) is 28.4. The predicted molar refractivity (Wildman–Crippen MR) is 305 cm³/mol. The van der Waals surface area contributed by atoms with E-state index in [4.69, 9.17) is 9.05 Å². The molecule has 0 aromatic heterocycles. The van der Waals surface area contributed by atoms with Gasteiger partial charge in [0.1, 0.15) is 19.3 Å². The third kappa shape index (κ3) is 50.8. The van der Waals surface area contributed by atoms with Crippen LogP contribution in [-0.2, 0) is 18.4 Å². The van der Waals surface area contributed by atoms with Crippen LogP contribution in [0.4, 0.5) is 0 Å². The van der Waals surface area contributed by atoms with Gasteiger partial charge < -0.3 is 24.9 Å². The van der Waals surface area contributed by atoms with E-state index in [1.807, 2.05) is 28.1 Å². The lowest BCUT2D eigenvalue weighted by molar-refractivity contribution is -0.870. The van der Waals surface area contributed by atoms with Crippen LogP contribution in [0.25, 0.3) is 0 Å². The summed E-state index contributed by atoms with van der Waals surface area (Å²) in [5, 5.41) is 24.7. The standard InChI is InChI=1S/C61H99N2O7P/c1-6-8-10-12-14-16-18-20-21-22-23-24-25-26-27-28-29-30-31-32-33-34-35-36-37-38-39-40-41-42-44-46-48-50-52-54-60(65)62-58(57-70-71(67,68)69-56-55-63(3,4)5)61(66)59(64)53-51-49-47-45-43-19-17-15-13-11-9-7-2/h7-10,14-17,20-21,23-24,26-27,29-30,32-33,35-36,38-39,41-42,45,47,58-59,61,64,66H,6,11-13,18-19,22,25,28,31,34,37,40,43-44,46,48-57H2,1-5H3,(H-,62,65,67,68)/p+1/b9-7+,10-8-,16-14-,17-15+,21-20-,24-23-,27-26-,30-29-,33-32-,36-35-,39-38-,42-41-,47-45+. The molecule has 0 spiro atoms. The number of aliphatic hydroxyl groups excluding tert-OH is 2. The lowest BCUT2D eigenvalue weighted by Crippen LogP contribution is -2.51. The monoisotopic (exact) mass is 1000 g/mol. The summed E-state index contributed by atoms with van der Waals surface area (Å²) in [7, 11) is 1.36. The maximum absolute atomic E-state index is 13.0. The Kier molecular flexibility index (Phi) is 46.9. The highest BCUT2D eigenvalue weighted by Crippen LogP contribution is 2.43. The van der Waals surface area contributed by atoms with Crippen molar-refractivity contribution in [3.05, 3.63) is 158 Å². The fourth-order valence-electron chi connectivity index (χ4n) is 6.68. The van der Waals surface area contributed by atoms with Crippen molar-refractivity contribution in [1.82, 2.24) is 5.32 Å². The van der Waals surface area contributed by atoms with Crippen molar-refractivity contribution >= 4 is 13.7 Å². The Balaban J connectivity index is 4.36. The van der Waals surface area contributed by atoms with Gasteiger partial charge in [-0.15, -0.1) is 0 Å². The van der Waals surface area contributed by atoms with Crippen LogP contribution in [0.1, 0.15) is 162 Å². The van der Waals surface area contributed by atoms with Gasteiger partial charge in [-0.1, -0.05) is 178 Å². The van der Waals surface area contributed by atoms with Gasteiger partial charge in [0.15, 0.2) is 0 Å². The number of allylic oxidation sites excluding steroid dienone is 26. The molecular formula is C61H100N2O7P+. The molecule has 0 rings (SSSR count). The van der Waals surface area contributed by atoms with Crippen molar-refractivity contribution in [2.75, 3.05) is 40.9 Å². The number of phosphoric ester groups is 1. The summed E-state index contributed by atoms with van der Waals surface area (Å²) in [6, 6.07) is -1.09. The van der Waals surface area contributed by atoms with Crippen LogP contribution in [0.3, 0.4) is 0 Å². The van der Waals surface area contributed by atoms with Crippen LogP contribution in [0.15, 0.2) is 158 Å². The molecule has 9 nitrogen and oxygen atoms in total. The van der Waals surface area contributed by atoms with E-state index in [9.17, 15) is 24.5 Å². The van der Waals surface area contributed by atoms with Crippen molar-refractivity contribution in [3.63, 3.8) is 0 Å². The van der Waals surface area contributed by atoms with Gasteiger partial charge in [-0.05, 0) is 135 Å². The number of rotatable bonds is 46. The number of carbonyl (C=O) groups is 1. The minimum absolute atomic E-state index is 0.00269. The summed E-state index contributed by atoms with van der Waals surface area (Å²) in [5.41, 5.74) is 0. The molecule has 0 aliphatic heterocycles. The summed E-state index contributed by atoms with van der Waals surface area (Å²) in [6.07, 6.45) is 74.9. The molecule has 71 heavy (non-hydrogen) atoms. The second-order valence-corrected chi connectivity index (χ2v) is 20.1. The molecule has 0 fully saturated rings. The Labute approximate surface area is 434 Å². The van der Waals surface area contributed by atoms with Gasteiger partial charge in [0, 0.05) is 6.42 Å². The van der Waals surface area contributed by atoms with Gasteiger partial charge in [-0.2, -0.15) is 0 Å². The zero-order chi connectivity index (χ0) is 52.2. The van der Waals surface area contributed by atoms with E-state index < -0.39 is 32.7 Å². The van der Waals surface area contributed by atoms with Crippen molar-refractivity contribution < 1.29 is 38.0 Å². The second-order valence-electron chi connectivity index (χ2n) is 18.6. The molecule has 0 aromatic rings. The number of hydrogen-bond donors (Lipinski definition) is 4. The van der Waals surface area contributed by atoms with Crippen LogP contribution in [0, 0.1) is 0 Å². The van der Waals surface area contributed by atoms with Gasteiger partial charge in [-0.25, -0.2) is 4.57 Å². The number of aliphatic hydroxyl groups is 2. The van der Waals surface area contributed by atoms with E-state index in [0.29, 0.717) is 30.3 Å². The quantitative estimate of drug-likeness (QED) is 0.0207. The number of quaternary nitrogens is 1. The van der Waals surface area contributed by atoms with Gasteiger partial charge in [0.05, 0.1) is 39.9 Å². The first-order valence-electron chi connectivity index (χ1n) is 26.9. The molecule has 1 amide bonds. The molecule has 0 heterocycles. The summed E-state index contributed by atoms with van der Waals surface area (Å²) in [6.45, 7) is 4.19. The zero-order valence-electron chi connectivity index (χ0n) is 45.0. The van der Waals surface area contributed by atoms with Crippen LogP contribution in [0.5, 0.6) is 0 Å². The number of likely N-dealkylation sites (N-methyl/N-ethyl adjacent to an activating group) is 1. The summed E-state index contributed by atoms with van der Waals surface area (Å²) in [4.78, 5) is 23.3. The van der Waals surface area contributed by atoms with Crippen molar-refractivity contribution in [3.8, 4) is 0 Å². The van der Waals surface area contributed by atoms with E-state index in [0.717, 1.165) is 122 Å². The Bertz CT molecular complexity index is 1720. The molecule has 4 atom stereocenters. The van der Waals surface area contributed by atoms with Crippen molar-refractivity contribution in [1.29, 1.82) is 0 Å². The Morgan fingerprint density at radius 3 is 1.34 bits per heavy atom. The maximum Gasteiger partial charge on any atom is 0.472 e. The first kappa shape index (κ1) is 67.1. The zero-order valence-corrected chi connectivity index (χ0v) is 45.9. The molecule has 0 aliphatic rings. The van der Waals surface area contributed by atoms with E-state index in [1.165, 1.54) is 0 Å². The molecule has 0 aliphatic carbocycles. The van der Waals surface area contributed by atoms with Crippen molar-refractivity contribution in [2.24, 2.45) is 0 Å². The van der Waals surface area contributed by atoms with Crippen LogP contribution >= 0.6 is 7.82 Å². The molecular weight excluding hydrogens is 904 g/mol. The third-order valence-electron chi connectivity index (χ3n) is 10.9. The largest absolute Gasteiger partial charge is 0.472 e. The van der Waals surface area contributed by atoms with E-state index in [1.54, 1.807) is 0 Å². The van der Waals surface area contributed by atoms with Crippen LogP contribution in [0.2, 0.25) is 0 Å². The molecule has 4 unspecified atom stereocenters. The minimum Gasteiger partial charge on any atom is -0.390 e. The molecule has 4 N–H and O–H groups in total. The molecule has 0 bridgehead atoms. The molecule has 0 radical (unpaired) electrons. The van der Waals surface area contributed by atoms with E-state index >= 15 is 0 Å². The molecule has 0 saturated heterocycles. The highest BCUT2D eigenvalue weighted by molar-refractivity contribution is 7.47. The SMILES string of the molecule is C/C=C/CC/C=C/CC/C=C/CCCC(O)C(O)C(COP(=O)(O)OCC[N+](C)(C)C)NC(=O)CCCCCC/C=C\C/C=C\C/C=C\C/C=C\C/C=C\C/C=C\C/C=C\C/C=C\C/C=C\C/C=C\CC. The lowest BCUT2D eigenvalue weighted by atomic mass is 10.0. The van der Waals surface area contributed by atoms with Crippen molar-refractivity contribution in [2.45, 2.75) is 180 Å². The number of nitrogens with zero attached hydrogens (tertiary/aromatic N) is 1. The Morgan fingerprint density at radius 2 is 0.901 bits per heavy atom. The van der Waals surface area contributed by atoms with Gasteiger partial charge in [-0.3, -0.25) is 13.8 Å². The number of carbonyl (C=O) groups excluding carboxylic acids is 1. The smallest absolute Gasteiger partial charge is 0.390 e. The number of nitrogens with one attached hydrogen (secondary N) is 1. The molecule has 0 saturated carbocycles. The molecule has 400 valence electrons. The number of phosphoric acid groups is 1. The Morgan fingerprint density at radius 1 is 0.521 bits per heavy atom. The number of hydrogen-bond acceptors (Lipinski definition) is 6. The fraction of sp³-hybridized carbons (Fsp3) is 0.557. The van der Waals surface area contributed by atoms with Gasteiger partial charge in [0.25, 0.3) is 0 Å². The number of unbranched alkanes of at least 4 members (excludes halogenated alkanes) is 7. The van der Waals surface area contributed by atoms with E-state index in [2.05, 4.69) is 170 Å². The van der Waals surface area contributed by atoms with Crippen LogP contribution < -0.4 is 5.32 Å². The third-order valence-corrected chi connectivity index (χ3v) is 11.9. The summed E-state index contributed by atoms with van der Waals surface area (Å²) >= 11 is 0. The molecule has 10 heteroatoms. The average molecular weight is 1000 g/mol. The molecule has 0 aromatic carbocycles. The predicted octanol–water partition coefficient (Wildman–Crippen LogP) is 15.3. The number of amides is 1. The second kappa shape index (κ2) is 49.6. The Hall–Kier alpha value is -3.92. The topological polar surface area (TPSA) is 125 Å². The summed E-state index contributed by atoms with van der Waals surface area (Å²) in [5.74, 6) is -0.308. The highest BCUT2D eigenvalue weighted by Gasteiger charge is 2.31. The minimum atomic E-state index is -4.45. The summed E-state index contributed by atoms with van der Waals surface area (Å²) < 4.78 is 23.5. The van der Waals surface area contributed by atoms with Crippen LogP contribution in [-0.4, -0.2) is 84.6 Å². The van der Waals surface area contributed by atoms with E-state index in [-0.39, 0.29) is 18.9 Å². The van der Waals surface area contributed by atoms with Gasteiger partial charge >= 0.3 is 7.82 Å². The maximum atomic E-state index is 13.0. The average Bonchev–Trinajstić information content (AvgIpc) is 3.33. The highest BCUT2D eigenvalue weighted by atomic mass is 31.2. The van der Waals surface area contributed by atoms with Gasteiger partial charge in [0.2, 0.25) is 5.91 Å². The first-order chi connectivity index (χ1) is 34.4. The normalized spacial score (nSPS) is 15.7.